The second kappa shape index (κ2) is 2.07. The molecule has 0 radical (unpaired) electrons. The molecule has 3 heteroatoms. The van der Waals surface area contributed by atoms with E-state index in [1.165, 1.54) is 0 Å². The fourth-order valence-electron chi connectivity index (χ4n) is 0.541. The molecule has 0 aromatic heterocycles. The number of nitrogens with zero attached hydrogens (tertiary/aromatic N) is 1. The van der Waals surface area contributed by atoms with E-state index in [9.17, 15) is 0 Å². The summed E-state index contributed by atoms with van der Waals surface area (Å²) in [4.78, 5) is 4.68. The molecule has 0 aromatic carbocycles. The van der Waals surface area contributed by atoms with Crippen molar-refractivity contribution >= 4 is 6.34 Å². The minimum atomic E-state index is 0.00944. The summed E-state index contributed by atoms with van der Waals surface area (Å²) in [7, 11) is 3.62. The van der Waals surface area contributed by atoms with Crippen LogP contribution < -0.4 is 4.90 Å². The molecule has 0 spiro atoms. The Bertz CT molecular complexity index is 139. The van der Waals surface area contributed by atoms with E-state index in [1.807, 2.05) is 0 Å². The van der Waals surface area contributed by atoms with Crippen LogP contribution in [0.5, 0.6) is 0 Å². The van der Waals surface area contributed by atoms with Gasteiger partial charge in [-0.1, -0.05) is 0 Å². The van der Waals surface area contributed by atoms with Gasteiger partial charge in [0.25, 0.3) is 0 Å². The van der Waals surface area contributed by atoms with Gasteiger partial charge in [0, 0.05) is 0 Å². The minimum absolute atomic E-state index is 0.00944. The molecule has 1 rings (SSSR count). The van der Waals surface area contributed by atoms with Gasteiger partial charge in [-0.15, -0.1) is 7.05 Å². The van der Waals surface area contributed by atoms with Gasteiger partial charge in [0.1, 0.15) is 5.70 Å². The third-order valence-electron chi connectivity index (χ3n) is 0.910. The number of quaternary nitrogens is 1. The molecule has 0 fully saturated rings. The zero-order valence-corrected chi connectivity index (χ0v) is 4.46. The van der Waals surface area contributed by atoms with Crippen molar-refractivity contribution in [1.82, 2.24) is 0 Å². The first-order chi connectivity index (χ1) is 3.83. The lowest BCUT2D eigenvalue weighted by molar-refractivity contribution is -0.679. The van der Waals surface area contributed by atoms with Crippen LogP contribution in [-0.4, -0.2) is 18.1 Å². The third-order valence-corrected chi connectivity index (χ3v) is 0.910. The average Bonchev–Trinajstić information content (AvgIpc) is 2.14. The first-order valence-electron chi connectivity index (χ1n) is 2.37. The molecule has 1 heterocycles. The maximum atomic E-state index is 8.46. The summed E-state index contributed by atoms with van der Waals surface area (Å²) in [6.45, 7) is 0.00944. The minimum Gasteiger partial charge on any atom is -0.397 e. The molecule has 1 unspecified atom stereocenters. The van der Waals surface area contributed by atoms with Crippen molar-refractivity contribution in [2.75, 3.05) is 6.61 Å². The van der Waals surface area contributed by atoms with Crippen LogP contribution in [0.15, 0.2) is 16.9 Å². The SMILES string of the molecule is [CH2-][NH+]1C=NC(CO)=C1. The van der Waals surface area contributed by atoms with Crippen molar-refractivity contribution in [2.45, 2.75) is 0 Å². The number of hydrogen-bond donors (Lipinski definition) is 2. The Balaban J connectivity index is 2.58. The van der Waals surface area contributed by atoms with E-state index >= 15 is 0 Å². The maximum Gasteiger partial charge on any atom is 0.166 e. The second-order valence-corrected chi connectivity index (χ2v) is 1.63. The van der Waals surface area contributed by atoms with Crippen LogP contribution in [0.25, 0.3) is 0 Å². The number of hydrogen-bond acceptors (Lipinski definition) is 2. The maximum absolute atomic E-state index is 8.46. The molecule has 0 saturated heterocycles. The van der Waals surface area contributed by atoms with Gasteiger partial charge in [-0.3, -0.25) is 0 Å². The molecule has 44 valence electrons. The topological polar surface area (TPSA) is 37.0 Å². The molecule has 0 aromatic rings. The summed E-state index contributed by atoms with van der Waals surface area (Å²) in [5.41, 5.74) is 0.690. The molecule has 0 aliphatic carbocycles. The van der Waals surface area contributed by atoms with Crippen molar-refractivity contribution in [1.29, 1.82) is 0 Å². The van der Waals surface area contributed by atoms with E-state index < -0.39 is 0 Å². The van der Waals surface area contributed by atoms with E-state index in [1.54, 1.807) is 12.5 Å². The lowest BCUT2D eigenvalue weighted by atomic mass is 10.5. The highest BCUT2D eigenvalue weighted by molar-refractivity contribution is 5.49. The zero-order valence-electron chi connectivity index (χ0n) is 4.46. The fourth-order valence-corrected chi connectivity index (χ4v) is 0.541. The van der Waals surface area contributed by atoms with Gasteiger partial charge in [0.2, 0.25) is 0 Å². The molecule has 1 aliphatic rings. The van der Waals surface area contributed by atoms with E-state index in [2.05, 4.69) is 12.0 Å². The molecule has 1 aliphatic heterocycles. The first kappa shape index (κ1) is 5.47. The third kappa shape index (κ3) is 0.936. The van der Waals surface area contributed by atoms with Crippen LogP contribution in [-0.2, 0) is 0 Å². The van der Waals surface area contributed by atoms with Crippen molar-refractivity contribution in [3.8, 4) is 0 Å². The van der Waals surface area contributed by atoms with Crippen LogP contribution in [0.1, 0.15) is 0 Å². The fraction of sp³-hybridized carbons (Fsp3) is 0.200. The summed E-state index contributed by atoms with van der Waals surface area (Å²) in [5.74, 6) is 0. The van der Waals surface area contributed by atoms with Gasteiger partial charge in [0.05, 0.1) is 12.8 Å². The molecular weight excluding hydrogens is 104 g/mol. The van der Waals surface area contributed by atoms with E-state index in [4.69, 9.17) is 5.11 Å². The number of aliphatic hydroxyl groups is 1. The molecule has 0 saturated carbocycles. The molecule has 8 heavy (non-hydrogen) atoms. The number of aliphatic hydroxyl groups excluding tert-OH is 1. The Hall–Kier alpha value is -0.670. The number of aliphatic imine (C=N–C) groups is 1. The highest BCUT2D eigenvalue weighted by Crippen LogP contribution is 1.90. The van der Waals surface area contributed by atoms with Gasteiger partial charge in [-0.05, 0) is 0 Å². The van der Waals surface area contributed by atoms with Gasteiger partial charge < -0.3 is 10.0 Å². The Morgan fingerprint density at radius 1 is 1.88 bits per heavy atom. The van der Waals surface area contributed by atoms with Crippen LogP contribution in [0, 0.1) is 7.05 Å². The van der Waals surface area contributed by atoms with Crippen molar-refractivity contribution in [2.24, 2.45) is 4.99 Å². The largest absolute Gasteiger partial charge is 0.397 e. The van der Waals surface area contributed by atoms with E-state index in [0.717, 1.165) is 4.90 Å². The molecule has 3 nitrogen and oxygen atoms in total. The van der Waals surface area contributed by atoms with Gasteiger partial charge in [0.15, 0.2) is 6.34 Å². The monoisotopic (exact) mass is 112 g/mol. The normalized spacial score (nSPS) is 26.2. The molecular formula is C5H8N2O. The summed E-state index contributed by atoms with van der Waals surface area (Å²) in [6, 6.07) is 0. The second-order valence-electron chi connectivity index (χ2n) is 1.63. The smallest absolute Gasteiger partial charge is 0.166 e. The predicted molar refractivity (Wildman–Crippen MR) is 30.0 cm³/mol. The molecule has 1 atom stereocenters. The van der Waals surface area contributed by atoms with E-state index in [-0.39, 0.29) is 6.61 Å². The molecule has 0 amide bonds. The van der Waals surface area contributed by atoms with Crippen molar-refractivity contribution in [3.05, 3.63) is 18.9 Å². The number of nitrogens with one attached hydrogen (secondary N) is 1. The highest BCUT2D eigenvalue weighted by Gasteiger charge is 2.00. The summed E-state index contributed by atoms with van der Waals surface area (Å²) in [5, 5.41) is 8.46. The number of rotatable bonds is 1. The Kier molecular flexibility index (Phi) is 1.41. The average molecular weight is 112 g/mol. The molecule has 2 N–H and O–H groups in total. The van der Waals surface area contributed by atoms with Crippen molar-refractivity contribution in [3.63, 3.8) is 0 Å². The van der Waals surface area contributed by atoms with Gasteiger partial charge in [-0.25, -0.2) is 4.99 Å². The van der Waals surface area contributed by atoms with E-state index in [0.29, 0.717) is 5.70 Å². The standard InChI is InChI=1S/C5H8N2O/c1-7-2-5(3-8)6-4-7/h2,4,7-8H,1,3H2. The lowest BCUT2D eigenvalue weighted by Gasteiger charge is -1.98. The van der Waals surface area contributed by atoms with Crippen LogP contribution in [0.3, 0.4) is 0 Å². The summed E-state index contributed by atoms with van der Waals surface area (Å²) >= 11 is 0. The summed E-state index contributed by atoms with van der Waals surface area (Å²) < 4.78 is 0. The van der Waals surface area contributed by atoms with Crippen LogP contribution in [0.4, 0.5) is 0 Å². The highest BCUT2D eigenvalue weighted by atomic mass is 16.3. The Labute approximate surface area is 48.0 Å². The Morgan fingerprint density at radius 2 is 2.62 bits per heavy atom. The predicted octanol–water partition coefficient (Wildman–Crippen LogP) is -1.46. The van der Waals surface area contributed by atoms with Crippen molar-refractivity contribution < 1.29 is 10.0 Å². The van der Waals surface area contributed by atoms with Crippen LogP contribution in [0.2, 0.25) is 0 Å². The molecule has 0 bridgehead atoms. The first-order valence-corrected chi connectivity index (χ1v) is 2.37. The summed E-state index contributed by atoms with van der Waals surface area (Å²) in [6.07, 6.45) is 3.38. The Morgan fingerprint density at radius 3 is 2.88 bits per heavy atom. The zero-order chi connectivity index (χ0) is 5.98. The van der Waals surface area contributed by atoms with Gasteiger partial charge in [-0.2, -0.15) is 0 Å². The van der Waals surface area contributed by atoms with Gasteiger partial charge >= 0.3 is 0 Å². The quantitative estimate of drug-likeness (QED) is 0.400. The lowest BCUT2D eigenvalue weighted by Crippen LogP contribution is -2.99. The van der Waals surface area contributed by atoms with Crippen LogP contribution >= 0.6 is 0 Å².